The molecule has 1 amide bonds. The van der Waals surface area contributed by atoms with Gasteiger partial charge in [0.25, 0.3) is 5.91 Å². The summed E-state index contributed by atoms with van der Waals surface area (Å²) in [6, 6.07) is 15.4. The number of amides is 1. The second-order valence-electron chi connectivity index (χ2n) is 7.29. The summed E-state index contributed by atoms with van der Waals surface area (Å²) in [5, 5.41) is 3.85. The number of fused-ring (bicyclic) bond motifs is 3. The molecule has 4 nitrogen and oxygen atoms in total. The van der Waals surface area contributed by atoms with E-state index in [1.165, 1.54) is 12.8 Å². The fourth-order valence-corrected chi connectivity index (χ4v) is 4.23. The average molecular weight is 371 g/mol. The van der Waals surface area contributed by atoms with E-state index in [1.54, 1.807) is 24.3 Å². The number of nitrogens with one attached hydrogen (secondary N) is 1. The van der Waals surface area contributed by atoms with Gasteiger partial charge in [0.15, 0.2) is 0 Å². The number of carbonyl (C=O) groups is 1. The van der Waals surface area contributed by atoms with Crippen LogP contribution in [0.3, 0.4) is 0 Å². The van der Waals surface area contributed by atoms with Crippen molar-refractivity contribution in [3.63, 3.8) is 0 Å². The zero-order chi connectivity index (χ0) is 18.1. The fourth-order valence-electron chi connectivity index (χ4n) is 4.05. The Labute approximate surface area is 159 Å². The van der Waals surface area contributed by atoms with E-state index in [2.05, 4.69) is 17.1 Å². The SMILES string of the molecule is CC1CC2CCN1CC2NC(=O)c1ccc(Oc2cccc(Cl)c2)cc1. The van der Waals surface area contributed by atoms with Gasteiger partial charge in [-0.25, -0.2) is 0 Å². The molecule has 3 aliphatic rings. The van der Waals surface area contributed by atoms with Crippen LogP contribution >= 0.6 is 11.6 Å². The van der Waals surface area contributed by atoms with Crippen LogP contribution < -0.4 is 10.1 Å². The molecule has 4 atom stereocenters. The number of benzene rings is 2. The van der Waals surface area contributed by atoms with Crippen molar-refractivity contribution in [2.75, 3.05) is 13.1 Å². The van der Waals surface area contributed by atoms with Crippen molar-refractivity contribution in [1.29, 1.82) is 0 Å². The molecule has 4 unspecified atom stereocenters. The van der Waals surface area contributed by atoms with Crippen LogP contribution in [0.1, 0.15) is 30.1 Å². The molecule has 0 aliphatic carbocycles. The number of piperidine rings is 3. The molecule has 2 aromatic rings. The lowest BCUT2D eigenvalue weighted by atomic mass is 9.80. The van der Waals surface area contributed by atoms with Crippen molar-refractivity contribution in [1.82, 2.24) is 10.2 Å². The average Bonchev–Trinajstić information content (AvgIpc) is 2.63. The topological polar surface area (TPSA) is 41.6 Å². The van der Waals surface area contributed by atoms with Gasteiger partial charge in [0.2, 0.25) is 0 Å². The molecule has 3 saturated heterocycles. The summed E-state index contributed by atoms with van der Waals surface area (Å²) in [6.45, 7) is 4.41. The standard InChI is InChI=1S/C21H23ClN2O2/c1-14-11-16-9-10-24(14)13-20(16)23-21(25)15-5-7-18(8-6-15)26-19-4-2-3-17(22)12-19/h2-8,12,14,16,20H,9-11,13H2,1H3,(H,23,25). The Morgan fingerprint density at radius 1 is 1.19 bits per heavy atom. The second-order valence-corrected chi connectivity index (χ2v) is 7.73. The fraction of sp³-hybridized carbons (Fsp3) is 0.381. The number of nitrogens with zero attached hydrogens (tertiary/aromatic N) is 1. The molecule has 3 heterocycles. The molecule has 0 aromatic heterocycles. The highest BCUT2D eigenvalue weighted by atomic mass is 35.5. The second kappa shape index (κ2) is 7.29. The van der Waals surface area contributed by atoms with Gasteiger partial charge < -0.3 is 10.1 Å². The van der Waals surface area contributed by atoms with Crippen LogP contribution in [-0.4, -0.2) is 36.0 Å². The molecular weight excluding hydrogens is 348 g/mol. The Hall–Kier alpha value is -2.04. The van der Waals surface area contributed by atoms with Crippen molar-refractivity contribution in [2.24, 2.45) is 5.92 Å². The molecule has 5 rings (SSSR count). The number of ether oxygens (including phenoxy) is 1. The summed E-state index contributed by atoms with van der Waals surface area (Å²) in [5.41, 5.74) is 0.660. The number of hydrogen-bond acceptors (Lipinski definition) is 3. The van der Waals surface area contributed by atoms with Gasteiger partial charge in [0.05, 0.1) is 0 Å². The third-order valence-electron chi connectivity index (χ3n) is 5.52. The van der Waals surface area contributed by atoms with Crippen LogP contribution in [0.15, 0.2) is 48.5 Å². The molecular formula is C21H23ClN2O2. The molecule has 3 aliphatic heterocycles. The molecule has 3 fully saturated rings. The molecule has 5 heteroatoms. The Bertz CT molecular complexity index is 793. The summed E-state index contributed by atoms with van der Waals surface area (Å²) >= 11 is 5.97. The molecule has 2 bridgehead atoms. The predicted octanol–water partition coefficient (Wildman–Crippen LogP) is 4.34. The van der Waals surface area contributed by atoms with E-state index in [0.29, 0.717) is 34.0 Å². The minimum Gasteiger partial charge on any atom is -0.457 e. The van der Waals surface area contributed by atoms with Gasteiger partial charge in [-0.3, -0.25) is 9.69 Å². The number of carbonyl (C=O) groups excluding carboxylic acids is 1. The van der Waals surface area contributed by atoms with Crippen molar-refractivity contribution < 1.29 is 9.53 Å². The maximum atomic E-state index is 12.6. The number of rotatable bonds is 4. The van der Waals surface area contributed by atoms with Gasteiger partial charge >= 0.3 is 0 Å². The number of halogens is 1. The zero-order valence-corrected chi connectivity index (χ0v) is 15.6. The Balaban J connectivity index is 1.38. The first-order valence-corrected chi connectivity index (χ1v) is 9.55. The van der Waals surface area contributed by atoms with E-state index in [1.807, 2.05) is 24.3 Å². The Kier molecular flexibility index (Phi) is 4.88. The van der Waals surface area contributed by atoms with Crippen LogP contribution in [0.5, 0.6) is 11.5 Å². The normalized spacial score (nSPS) is 27.2. The van der Waals surface area contributed by atoms with Crippen LogP contribution in [0.25, 0.3) is 0 Å². The van der Waals surface area contributed by atoms with E-state index in [-0.39, 0.29) is 11.9 Å². The largest absolute Gasteiger partial charge is 0.457 e. The van der Waals surface area contributed by atoms with Crippen molar-refractivity contribution >= 4 is 17.5 Å². The van der Waals surface area contributed by atoms with Gasteiger partial charge in [-0.2, -0.15) is 0 Å². The number of hydrogen-bond donors (Lipinski definition) is 1. The summed E-state index contributed by atoms with van der Waals surface area (Å²) in [7, 11) is 0. The van der Waals surface area contributed by atoms with Crippen LogP contribution in [0, 0.1) is 5.92 Å². The van der Waals surface area contributed by atoms with Crippen molar-refractivity contribution in [3.8, 4) is 11.5 Å². The van der Waals surface area contributed by atoms with E-state index in [0.717, 1.165) is 13.1 Å². The molecule has 26 heavy (non-hydrogen) atoms. The molecule has 2 aromatic carbocycles. The van der Waals surface area contributed by atoms with Gasteiger partial charge in [0, 0.05) is 29.2 Å². The van der Waals surface area contributed by atoms with Crippen molar-refractivity contribution in [2.45, 2.75) is 31.8 Å². The van der Waals surface area contributed by atoms with E-state index in [9.17, 15) is 4.79 Å². The van der Waals surface area contributed by atoms with Gasteiger partial charge in [-0.1, -0.05) is 17.7 Å². The monoisotopic (exact) mass is 370 g/mol. The molecule has 0 radical (unpaired) electrons. The molecule has 0 saturated carbocycles. The quantitative estimate of drug-likeness (QED) is 0.870. The molecule has 136 valence electrons. The van der Waals surface area contributed by atoms with Crippen molar-refractivity contribution in [3.05, 3.63) is 59.1 Å². The lowest BCUT2D eigenvalue weighted by Crippen LogP contribution is -2.60. The molecule has 1 N–H and O–H groups in total. The summed E-state index contributed by atoms with van der Waals surface area (Å²) in [5.74, 6) is 1.95. The Morgan fingerprint density at radius 2 is 2.00 bits per heavy atom. The van der Waals surface area contributed by atoms with E-state index in [4.69, 9.17) is 16.3 Å². The van der Waals surface area contributed by atoms with Gasteiger partial charge in [-0.05, 0) is 74.7 Å². The molecule has 0 spiro atoms. The highest BCUT2D eigenvalue weighted by Gasteiger charge is 2.38. The minimum absolute atomic E-state index is 0.00860. The first-order valence-electron chi connectivity index (χ1n) is 9.17. The summed E-state index contributed by atoms with van der Waals surface area (Å²) in [4.78, 5) is 15.1. The first-order chi connectivity index (χ1) is 12.6. The summed E-state index contributed by atoms with van der Waals surface area (Å²) < 4.78 is 5.77. The van der Waals surface area contributed by atoms with Gasteiger partial charge in [-0.15, -0.1) is 0 Å². The van der Waals surface area contributed by atoms with Gasteiger partial charge in [0.1, 0.15) is 11.5 Å². The van der Waals surface area contributed by atoms with Crippen LogP contribution in [0.4, 0.5) is 0 Å². The lowest BCUT2D eigenvalue weighted by Gasteiger charge is -2.48. The Morgan fingerprint density at radius 3 is 2.65 bits per heavy atom. The first kappa shape index (κ1) is 17.4. The maximum Gasteiger partial charge on any atom is 0.251 e. The van der Waals surface area contributed by atoms with Crippen LogP contribution in [0.2, 0.25) is 5.02 Å². The highest BCUT2D eigenvalue weighted by Crippen LogP contribution is 2.32. The third kappa shape index (κ3) is 3.71. The maximum absolute atomic E-state index is 12.6. The van der Waals surface area contributed by atoms with E-state index < -0.39 is 0 Å². The summed E-state index contributed by atoms with van der Waals surface area (Å²) in [6.07, 6.45) is 2.36. The zero-order valence-electron chi connectivity index (χ0n) is 14.8. The highest BCUT2D eigenvalue weighted by molar-refractivity contribution is 6.30. The smallest absolute Gasteiger partial charge is 0.251 e. The van der Waals surface area contributed by atoms with E-state index >= 15 is 0 Å². The third-order valence-corrected chi connectivity index (χ3v) is 5.75. The predicted molar refractivity (Wildman–Crippen MR) is 103 cm³/mol. The van der Waals surface area contributed by atoms with Crippen LogP contribution in [-0.2, 0) is 0 Å². The lowest BCUT2D eigenvalue weighted by molar-refractivity contribution is 0.0274. The minimum atomic E-state index is -0.00860.